The lowest BCUT2D eigenvalue weighted by atomic mass is 10.1. The third kappa shape index (κ3) is 2.01. The van der Waals surface area contributed by atoms with Crippen LogP contribution < -0.4 is 5.32 Å². The molecule has 0 aromatic heterocycles. The van der Waals surface area contributed by atoms with E-state index in [0.717, 1.165) is 18.5 Å². The van der Waals surface area contributed by atoms with Gasteiger partial charge in [-0.05, 0) is 37.1 Å². The molecule has 0 aliphatic carbocycles. The van der Waals surface area contributed by atoms with E-state index in [4.69, 9.17) is 34.8 Å². The van der Waals surface area contributed by atoms with E-state index >= 15 is 0 Å². The first-order valence-corrected chi connectivity index (χ1v) is 5.69. The highest BCUT2D eigenvalue weighted by Gasteiger charge is 2.20. The zero-order chi connectivity index (χ0) is 10.1. The predicted octanol–water partition coefficient (Wildman–Crippen LogP) is 4.07. The Morgan fingerprint density at radius 1 is 1.21 bits per heavy atom. The first-order valence-electron chi connectivity index (χ1n) is 4.56. The normalized spacial score (nSPS) is 21.5. The molecule has 0 bridgehead atoms. The molecule has 1 heterocycles. The zero-order valence-electron chi connectivity index (χ0n) is 7.49. The second-order valence-corrected chi connectivity index (χ2v) is 4.66. The number of rotatable bonds is 1. The summed E-state index contributed by atoms with van der Waals surface area (Å²) in [6, 6.07) is 3.86. The molecule has 1 aromatic carbocycles. The molecule has 1 N–H and O–H groups in total. The average Bonchev–Trinajstić information content (AvgIpc) is 2.63. The lowest BCUT2D eigenvalue weighted by Gasteiger charge is -2.13. The van der Waals surface area contributed by atoms with Crippen molar-refractivity contribution in [2.75, 3.05) is 6.54 Å². The van der Waals surface area contributed by atoms with Gasteiger partial charge in [0, 0.05) is 11.1 Å². The Kier molecular flexibility index (Phi) is 3.23. The van der Waals surface area contributed by atoms with Crippen LogP contribution in [0, 0.1) is 0 Å². The summed E-state index contributed by atoms with van der Waals surface area (Å²) in [5.41, 5.74) is 1.02. The summed E-state index contributed by atoms with van der Waals surface area (Å²) in [7, 11) is 0. The molecule has 0 saturated carbocycles. The summed E-state index contributed by atoms with van der Waals surface area (Å²) in [4.78, 5) is 0. The lowest BCUT2D eigenvalue weighted by molar-refractivity contribution is 0.648. The molecule has 14 heavy (non-hydrogen) atoms. The molecule has 0 amide bonds. The molecular formula is C10H10Cl3N. The van der Waals surface area contributed by atoms with Crippen molar-refractivity contribution >= 4 is 34.8 Å². The summed E-state index contributed by atoms with van der Waals surface area (Å²) >= 11 is 18.0. The lowest BCUT2D eigenvalue weighted by Crippen LogP contribution is -2.13. The summed E-state index contributed by atoms with van der Waals surface area (Å²) < 4.78 is 0. The van der Waals surface area contributed by atoms with E-state index in [1.807, 2.05) is 6.07 Å². The topological polar surface area (TPSA) is 12.0 Å². The number of nitrogens with one attached hydrogen (secondary N) is 1. The quantitative estimate of drug-likeness (QED) is 0.741. The van der Waals surface area contributed by atoms with Gasteiger partial charge >= 0.3 is 0 Å². The Morgan fingerprint density at radius 2 is 2.00 bits per heavy atom. The Bertz CT molecular complexity index is 345. The first kappa shape index (κ1) is 10.6. The van der Waals surface area contributed by atoms with Crippen LogP contribution in [0.1, 0.15) is 24.4 Å². The minimum Gasteiger partial charge on any atom is -0.310 e. The molecule has 1 saturated heterocycles. The highest BCUT2D eigenvalue weighted by molar-refractivity contribution is 6.43. The maximum atomic E-state index is 6.11. The fraction of sp³-hybridized carbons (Fsp3) is 0.400. The van der Waals surface area contributed by atoms with Crippen molar-refractivity contribution in [3.05, 3.63) is 32.8 Å². The van der Waals surface area contributed by atoms with Gasteiger partial charge in [0.15, 0.2) is 0 Å². The highest BCUT2D eigenvalue weighted by atomic mass is 35.5. The van der Waals surface area contributed by atoms with Crippen molar-refractivity contribution in [3.8, 4) is 0 Å². The second kappa shape index (κ2) is 4.28. The smallest absolute Gasteiger partial charge is 0.0641 e. The zero-order valence-corrected chi connectivity index (χ0v) is 9.76. The average molecular weight is 251 g/mol. The molecule has 4 heteroatoms. The van der Waals surface area contributed by atoms with Crippen LogP contribution >= 0.6 is 34.8 Å². The van der Waals surface area contributed by atoms with Crippen LogP contribution in [0.25, 0.3) is 0 Å². The molecule has 1 aliphatic heterocycles. The second-order valence-electron chi connectivity index (χ2n) is 3.44. The third-order valence-corrected chi connectivity index (χ3v) is 3.49. The van der Waals surface area contributed by atoms with E-state index < -0.39 is 0 Å². The maximum Gasteiger partial charge on any atom is 0.0641 e. The van der Waals surface area contributed by atoms with Crippen LogP contribution in [-0.2, 0) is 0 Å². The predicted molar refractivity (Wildman–Crippen MR) is 61.4 cm³/mol. The Balaban J connectivity index is 2.40. The van der Waals surface area contributed by atoms with Crippen molar-refractivity contribution in [3.63, 3.8) is 0 Å². The molecule has 0 spiro atoms. The fourth-order valence-corrected chi connectivity index (χ4v) is 2.53. The Morgan fingerprint density at radius 3 is 2.64 bits per heavy atom. The van der Waals surface area contributed by atoms with Gasteiger partial charge in [-0.1, -0.05) is 34.8 Å². The van der Waals surface area contributed by atoms with Gasteiger partial charge in [0.2, 0.25) is 0 Å². The van der Waals surface area contributed by atoms with Crippen LogP contribution in [0.15, 0.2) is 12.1 Å². The number of benzene rings is 1. The fourth-order valence-electron chi connectivity index (χ4n) is 1.78. The molecule has 1 fully saturated rings. The molecule has 1 nitrogen and oxygen atoms in total. The van der Waals surface area contributed by atoms with Crippen molar-refractivity contribution < 1.29 is 0 Å². The summed E-state index contributed by atoms with van der Waals surface area (Å²) in [5, 5.41) is 5.16. The molecular weight excluding hydrogens is 240 g/mol. The third-order valence-electron chi connectivity index (χ3n) is 2.46. The van der Waals surface area contributed by atoms with Gasteiger partial charge in [-0.25, -0.2) is 0 Å². The SMILES string of the molecule is Clc1cc(Cl)c(Cl)c([C@H]2CCCN2)c1. The number of halogens is 3. The van der Waals surface area contributed by atoms with Crippen LogP contribution in [0.5, 0.6) is 0 Å². The Hall–Kier alpha value is 0.0500. The molecule has 0 unspecified atom stereocenters. The van der Waals surface area contributed by atoms with E-state index in [2.05, 4.69) is 5.32 Å². The van der Waals surface area contributed by atoms with Crippen LogP contribution in [0.2, 0.25) is 15.1 Å². The van der Waals surface area contributed by atoms with Crippen molar-refractivity contribution in [1.29, 1.82) is 0 Å². The van der Waals surface area contributed by atoms with E-state index in [0.29, 0.717) is 21.1 Å². The standard InChI is InChI=1S/C10H10Cl3N/c11-6-4-7(9-2-1-3-14-9)10(13)8(12)5-6/h4-5,9,14H,1-3H2/t9-/m1/s1. The summed E-state index contributed by atoms with van der Waals surface area (Å²) in [6.07, 6.45) is 2.27. The van der Waals surface area contributed by atoms with E-state index in [1.165, 1.54) is 6.42 Å². The molecule has 0 radical (unpaired) electrons. The summed E-state index contributed by atoms with van der Waals surface area (Å²) in [5.74, 6) is 0. The van der Waals surface area contributed by atoms with Gasteiger partial charge in [0.1, 0.15) is 0 Å². The minimum atomic E-state index is 0.304. The van der Waals surface area contributed by atoms with E-state index in [-0.39, 0.29) is 0 Å². The van der Waals surface area contributed by atoms with Gasteiger partial charge in [0.05, 0.1) is 10.0 Å². The molecule has 2 rings (SSSR count). The first-order chi connectivity index (χ1) is 6.68. The van der Waals surface area contributed by atoms with Gasteiger partial charge < -0.3 is 5.32 Å². The minimum absolute atomic E-state index is 0.304. The molecule has 1 aromatic rings. The Labute approximate surface area is 98.3 Å². The van der Waals surface area contributed by atoms with Crippen LogP contribution in [-0.4, -0.2) is 6.54 Å². The van der Waals surface area contributed by atoms with Crippen molar-refractivity contribution in [1.82, 2.24) is 5.32 Å². The van der Waals surface area contributed by atoms with Crippen molar-refractivity contribution in [2.45, 2.75) is 18.9 Å². The maximum absolute atomic E-state index is 6.11. The highest BCUT2D eigenvalue weighted by Crippen LogP contribution is 2.36. The van der Waals surface area contributed by atoms with E-state index in [9.17, 15) is 0 Å². The van der Waals surface area contributed by atoms with E-state index in [1.54, 1.807) is 6.07 Å². The van der Waals surface area contributed by atoms with Gasteiger partial charge in [0.25, 0.3) is 0 Å². The van der Waals surface area contributed by atoms with Gasteiger partial charge in [-0.15, -0.1) is 0 Å². The number of hydrogen-bond donors (Lipinski definition) is 1. The van der Waals surface area contributed by atoms with Gasteiger partial charge in [-0.2, -0.15) is 0 Å². The molecule has 1 aliphatic rings. The van der Waals surface area contributed by atoms with Crippen LogP contribution in [0.4, 0.5) is 0 Å². The molecule has 1 atom stereocenters. The van der Waals surface area contributed by atoms with Crippen LogP contribution in [0.3, 0.4) is 0 Å². The largest absolute Gasteiger partial charge is 0.310 e. The van der Waals surface area contributed by atoms with Crippen molar-refractivity contribution in [2.24, 2.45) is 0 Å². The monoisotopic (exact) mass is 249 g/mol. The number of hydrogen-bond acceptors (Lipinski definition) is 1. The van der Waals surface area contributed by atoms with Gasteiger partial charge in [-0.3, -0.25) is 0 Å². The summed E-state index contributed by atoms with van der Waals surface area (Å²) in [6.45, 7) is 1.03. The molecule has 76 valence electrons.